The first kappa shape index (κ1) is 23.3. The van der Waals surface area contributed by atoms with Gasteiger partial charge in [-0.3, -0.25) is 14.5 Å². The molecule has 9 nitrogen and oxygen atoms in total. The second kappa shape index (κ2) is 8.81. The lowest BCUT2D eigenvalue weighted by Gasteiger charge is -2.22. The molecule has 0 aliphatic rings. The number of nitro benzene ring substituents is 1. The van der Waals surface area contributed by atoms with E-state index in [1.807, 2.05) is 16.5 Å². The normalized spacial score (nSPS) is 11.8. The zero-order chi connectivity index (χ0) is 24.6. The van der Waals surface area contributed by atoms with Crippen molar-refractivity contribution in [2.45, 2.75) is 52.6 Å². The summed E-state index contributed by atoms with van der Waals surface area (Å²) < 4.78 is 9.13. The fourth-order valence-corrected chi connectivity index (χ4v) is 4.05. The maximum absolute atomic E-state index is 12.3. The summed E-state index contributed by atoms with van der Waals surface area (Å²) in [4.78, 5) is 28.0. The molecule has 178 valence electrons. The molecular formula is C25H29N5O4. The Morgan fingerprint density at radius 2 is 1.85 bits per heavy atom. The molecule has 0 unspecified atom stereocenters. The van der Waals surface area contributed by atoms with E-state index >= 15 is 0 Å². The van der Waals surface area contributed by atoms with Crippen molar-refractivity contribution in [2.75, 3.05) is 12.4 Å². The minimum absolute atomic E-state index is 0.0264. The smallest absolute Gasteiger partial charge is 0.337 e. The van der Waals surface area contributed by atoms with Gasteiger partial charge in [-0.05, 0) is 57.5 Å². The van der Waals surface area contributed by atoms with Crippen LogP contribution in [-0.2, 0) is 11.3 Å². The first-order valence-corrected chi connectivity index (χ1v) is 11.3. The van der Waals surface area contributed by atoms with Crippen LogP contribution in [0.5, 0.6) is 0 Å². The SMILES string of the molecule is CCCCn1c2ccc(C(=O)OC)cc2n2c(NC(C)(C)C)c(-c3ccc([N+](=O)[O-])cc3)nc12. The number of fused-ring (bicyclic) bond motifs is 3. The number of rotatable bonds is 7. The number of ether oxygens (including phenoxy) is 1. The van der Waals surface area contributed by atoms with E-state index in [9.17, 15) is 14.9 Å². The summed E-state index contributed by atoms with van der Waals surface area (Å²) in [6, 6.07) is 11.9. The van der Waals surface area contributed by atoms with Gasteiger partial charge in [-0.15, -0.1) is 0 Å². The van der Waals surface area contributed by atoms with Crippen molar-refractivity contribution in [2.24, 2.45) is 0 Å². The lowest BCUT2D eigenvalue weighted by molar-refractivity contribution is -0.384. The van der Waals surface area contributed by atoms with E-state index in [4.69, 9.17) is 9.72 Å². The number of aryl methyl sites for hydroxylation is 1. The van der Waals surface area contributed by atoms with Gasteiger partial charge in [0.15, 0.2) is 0 Å². The van der Waals surface area contributed by atoms with Gasteiger partial charge in [-0.25, -0.2) is 9.78 Å². The Kier molecular flexibility index (Phi) is 6.03. The molecule has 2 aromatic carbocycles. The van der Waals surface area contributed by atoms with Gasteiger partial charge in [0.25, 0.3) is 5.69 Å². The van der Waals surface area contributed by atoms with Crippen molar-refractivity contribution in [1.29, 1.82) is 0 Å². The highest BCUT2D eigenvalue weighted by Crippen LogP contribution is 2.36. The number of unbranched alkanes of at least 4 members (excludes halogenated alkanes) is 1. The zero-order valence-electron chi connectivity index (χ0n) is 20.1. The number of hydrogen-bond donors (Lipinski definition) is 1. The van der Waals surface area contributed by atoms with Crippen molar-refractivity contribution in [1.82, 2.24) is 14.0 Å². The highest BCUT2D eigenvalue weighted by Gasteiger charge is 2.25. The Balaban J connectivity index is 2.04. The summed E-state index contributed by atoms with van der Waals surface area (Å²) in [6.07, 6.45) is 2.00. The number of esters is 1. The number of hydrogen-bond acceptors (Lipinski definition) is 6. The van der Waals surface area contributed by atoms with Gasteiger partial charge in [0.05, 0.1) is 28.6 Å². The van der Waals surface area contributed by atoms with Crippen LogP contribution in [0.15, 0.2) is 42.5 Å². The molecule has 0 bridgehead atoms. The Morgan fingerprint density at radius 1 is 1.15 bits per heavy atom. The number of non-ortho nitro benzene ring substituents is 1. The van der Waals surface area contributed by atoms with E-state index in [2.05, 4.69) is 37.6 Å². The molecular weight excluding hydrogens is 434 g/mol. The minimum Gasteiger partial charge on any atom is -0.465 e. The number of anilines is 1. The van der Waals surface area contributed by atoms with Crippen molar-refractivity contribution >= 4 is 34.3 Å². The molecule has 0 spiro atoms. The molecule has 0 saturated heterocycles. The van der Waals surface area contributed by atoms with Crippen LogP contribution in [0.4, 0.5) is 11.5 Å². The maximum atomic E-state index is 12.3. The molecule has 9 heteroatoms. The van der Waals surface area contributed by atoms with E-state index in [0.29, 0.717) is 11.3 Å². The summed E-state index contributed by atoms with van der Waals surface area (Å²) in [7, 11) is 1.37. The highest BCUT2D eigenvalue weighted by atomic mass is 16.6. The van der Waals surface area contributed by atoms with Crippen LogP contribution in [0.25, 0.3) is 28.1 Å². The predicted octanol–water partition coefficient (Wildman–Crippen LogP) is 5.66. The molecule has 0 aliphatic carbocycles. The number of nitrogens with zero attached hydrogens (tertiary/aromatic N) is 4. The number of carbonyl (C=O) groups is 1. The standard InChI is InChI=1S/C25H29N5O4/c1-6-7-14-28-19-13-10-17(23(31)34-5)15-20(19)29-22(27-25(2,3)4)21(26-24(28)29)16-8-11-18(12-9-16)30(32)33/h8-13,15,27H,6-7,14H2,1-5H3. The van der Waals surface area contributed by atoms with Gasteiger partial charge < -0.3 is 14.6 Å². The third-order valence-corrected chi connectivity index (χ3v) is 5.61. The minimum atomic E-state index is -0.414. The molecule has 4 rings (SSSR count). The molecule has 0 fully saturated rings. The quantitative estimate of drug-likeness (QED) is 0.215. The van der Waals surface area contributed by atoms with Crippen LogP contribution in [0, 0.1) is 10.1 Å². The van der Waals surface area contributed by atoms with Gasteiger partial charge in [0.1, 0.15) is 11.5 Å². The first-order valence-electron chi connectivity index (χ1n) is 11.3. The highest BCUT2D eigenvalue weighted by molar-refractivity contribution is 5.96. The molecule has 34 heavy (non-hydrogen) atoms. The van der Waals surface area contributed by atoms with E-state index < -0.39 is 10.9 Å². The zero-order valence-corrected chi connectivity index (χ0v) is 20.1. The van der Waals surface area contributed by atoms with Crippen LogP contribution in [-0.4, -0.2) is 37.5 Å². The van der Waals surface area contributed by atoms with Gasteiger partial charge in [-0.2, -0.15) is 0 Å². The number of carbonyl (C=O) groups excluding carboxylic acids is 1. The fraction of sp³-hybridized carbons (Fsp3) is 0.360. The molecule has 0 saturated carbocycles. The topological polar surface area (TPSA) is 104 Å². The van der Waals surface area contributed by atoms with Crippen molar-refractivity contribution in [3.05, 3.63) is 58.1 Å². The number of nitrogens with one attached hydrogen (secondary N) is 1. The number of nitro groups is 1. The second-order valence-electron chi connectivity index (χ2n) is 9.32. The molecule has 0 atom stereocenters. The lowest BCUT2D eigenvalue weighted by Crippen LogP contribution is -2.27. The summed E-state index contributed by atoms with van der Waals surface area (Å²) in [5.41, 5.74) is 3.45. The van der Waals surface area contributed by atoms with Crippen molar-refractivity contribution in [3.63, 3.8) is 0 Å². The summed E-state index contributed by atoms with van der Waals surface area (Å²) in [6.45, 7) is 9.08. The van der Waals surface area contributed by atoms with Crippen LogP contribution >= 0.6 is 0 Å². The first-order chi connectivity index (χ1) is 16.1. The van der Waals surface area contributed by atoms with E-state index in [1.54, 1.807) is 18.2 Å². The molecule has 0 aliphatic heterocycles. The maximum Gasteiger partial charge on any atom is 0.337 e. The van der Waals surface area contributed by atoms with Gasteiger partial charge in [0, 0.05) is 29.8 Å². The summed E-state index contributed by atoms with van der Waals surface area (Å²) in [5, 5.41) is 14.7. The Morgan fingerprint density at radius 3 is 2.44 bits per heavy atom. The molecule has 4 aromatic rings. The van der Waals surface area contributed by atoms with Crippen molar-refractivity contribution in [3.8, 4) is 11.3 Å². The summed E-state index contributed by atoms with van der Waals surface area (Å²) in [5.74, 6) is 1.10. The van der Waals surface area contributed by atoms with Crippen molar-refractivity contribution < 1.29 is 14.5 Å². The molecule has 1 N–H and O–H groups in total. The number of methoxy groups -OCH3 is 1. The third kappa shape index (κ3) is 4.21. The third-order valence-electron chi connectivity index (χ3n) is 5.61. The summed E-state index contributed by atoms with van der Waals surface area (Å²) >= 11 is 0. The Labute approximate surface area is 197 Å². The van der Waals surface area contributed by atoms with Gasteiger partial charge >= 0.3 is 5.97 Å². The van der Waals surface area contributed by atoms with E-state index in [-0.39, 0.29) is 11.2 Å². The molecule has 0 radical (unpaired) electrons. The number of aromatic nitrogens is 3. The lowest BCUT2D eigenvalue weighted by atomic mass is 10.1. The number of benzene rings is 2. The predicted molar refractivity (Wildman–Crippen MR) is 132 cm³/mol. The Hall–Kier alpha value is -3.88. The largest absolute Gasteiger partial charge is 0.465 e. The Bertz CT molecular complexity index is 1380. The molecule has 2 heterocycles. The van der Waals surface area contributed by atoms with Crippen LogP contribution in [0.2, 0.25) is 0 Å². The average molecular weight is 464 g/mol. The molecule has 0 amide bonds. The average Bonchev–Trinajstić information content (AvgIpc) is 3.30. The monoisotopic (exact) mass is 463 g/mol. The van der Waals surface area contributed by atoms with Crippen LogP contribution < -0.4 is 5.32 Å². The second-order valence-corrected chi connectivity index (χ2v) is 9.32. The van der Waals surface area contributed by atoms with Gasteiger partial charge in [0.2, 0.25) is 5.78 Å². The fourth-order valence-electron chi connectivity index (χ4n) is 4.05. The van der Waals surface area contributed by atoms with Crippen LogP contribution in [0.1, 0.15) is 50.9 Å². The number of imidazole rings is 2. The van der Waals surface area contributed by atoms with E-state index in [1.165, 1.54) is 19.2 Å². The van der Waals surface area contributed by atoms with E-state index in [0.717, 1.165) is 47.6 Å². The van der Waals surface area contributed by atoms with Gasteiger partial charge in [-0.1, -0.05) is 13.3 Å². The van der Waals surface area contributed by atoms with Crippen LogP contribution in [0.3, 0.4) is 0 Å². The molecule has 2 aromatic heterocycles.